The Balaban J connectivity index is 1.47. The Bertz CT molecular complexity index is 741. The summed E-state index contributed by atoms with van der Waals surface area (Å²) in [5.74, 6) is 2.44. The Kier molecular flexibility index (Phi) is 3.99. The predicted molar refractivity (Wildman–Crippen MR) is 90.0 cm³/mol. The van der Waals surface area contributed by atoms with Crippen LogP contribution in [0.25, 0.3) is 0 Å². The molecule has 1 amide bonds. The van der Waals surface area contributed by atoms with Gasteiger partial charge in [-0.25, -0.2) is 0 Å². The standard InChI is InChI=1S/C19H19NO4/c21-19(12-24-14-4-2-1-3-5-14)20-16-11-18-17(22-8-9-23-18)10-15(16)13-6-7-13/h1-5,10-11,13H,6-9,12H2,(H,20,21). The van der Waals surface area contributed by atoms with E-state index in [2.05, 4.69) is 5.32 Å². The highest BCUT2D eigenvalue weighted by atomic mass is 16.6. The van der Waals surface area contributed by atoms with E-state index in [0.717, 1.165) is 29.8 Å². The molecule has 5 nitrogen and oxygen atoms in total. The molecule has 0 spiro atoms. The Morgan fingerprint density at radius 1 is 1.08 bits per heavy atom. The molecule has 5 heteroatoms. The van der Waals surface area contributed by atoms with Crippen molar-refractivity contribution in [3.8, 4) is 17.2 Å². The van der Waals surface area contributed by atoms with Crippen LogP contribution in [0.1, 0.15) is 24.3 Å². The first-order chi connectivity index (χ1) is 11.8. The predicted octanol–water partition coefficient (Wildman–Crippen LogP) is 3.35. The zero-order chi connectivity index (χ0) is 16.4. The zero-order valence-electron chi connectivity index (χ0n) is 13.3. The van der Waals surface area contributed by atoms with Gasteiger partial charge in [-0.1, -0.05) is 18.2 Å². The number of hydrogen-bond donors (Lipinski definition) is 1. The summed E-state index contributed by atoms with van der Waals surface area (Å²) in [5, 5.41) is 2.95. The van der Waals surface area contributed by atoms with Crippen molar-refractivity contribution in [1.29, 1.82) is 0 Å². The molecule has 0 unspecified atom stereocenters. The summed E-state index contributed by atoms with van der Waals surface area (Å²) in [6.45, 7) is 1.07. The van der Waals surface area contributed by atoms with Crippen LogP contribution in [-0.4, -0.2) is 25.7 Å². The molecular formula is C19H19NO4. The number of amides is 1. The molecule has 4 rings (SSSR count). The first-order valence-corrected chi connectivity index (χ1v) is 8.21. The summed E-state index contributed by atoms with van der Waals surface area (Å²) in [6.07, 6.45) is 2.28. The van der Waals surface area contributed by atoms with E-state index in [-0.39, 0.29) is 12.5 Å². The molecule has 0 bridgehead atoms. The van der Waals surface area contributed by atoms with Gasteiger partial charge in [-0.2, -0.15) is 0 Å². The van der Waals surface area contributed by atoms with Gasteiger partial charge in [-0.3, -0.25) is 4.79 Å². The number of carbonyl (C=O) groups excluding carboxylic acids is 1. The van der Waals surface area contributed by atoms with Gasteiger partial charge in [0.05, 0.1) is 0 Å². The summed E-state index contributed by atoms with van der Waals surface area (Å²) >= 11 is 0. The Labute approximate surface area is 140 Å². The lowest BCUT2D eigenvalue weighted by atomic mass is 10.1. The van der Waals surface area contributed by atoms with Crippen LogP contribution in [0, 0.1) is 0 Å². The lowest BCUT2D eigenvalue weighted by Gasteiger charge is -2.21. The second-order valence-electron chi connectivity index (χ2n) is 6.01. The minimum atomic E-state index is -0.183. The monoisotopic (exact) mass is 325 g/mol. The number of carbonyl (C=O) groups is 1. The first kappa shape index (κ1) is 14.9. The molecule has 1 aliphatic carbocycles. The maximum Gasteiger partial charge on any atom is 0.262 e. The molecule has 0 atom stereocenters. The van der Waals surface area contributed by atoms with Gasteiger partial charge in [0.25, 0.3) is 5.91 Å². The van der Waals surface area contributed by atoms with Crippen LogP contribution < -0.4 is 19.5 Å². The molecule has 0 aromatic heterocycles. The molecule has 1 N–H and O–H groups in total. The van der Waals surface area contributed by atoms with Crippen molar-refractivity contribution in [3.63, 3.8) is 0 Å². The molecule has 2 aromatic carbocycles. The SMILES string of the molecule is O=C(COc1ccccc1)Nc1cc2c(cc1C1CC1)OCCO2. The van der Waals surface area contributed by atoms with Gasteiger partial charge in [0.2, 0.25) is 0 Å². The van der Waals surface area contributed by atoms with E-state index in [4.69, 9.17) is 14.2 Å². The summed E-state index contributed by atoms with van der Waals surface area (Å²) in [6, 6.07) is 13.2. The summed E-state index contributed by atoms with van der Waals surface area (Å²) in [5.41, 5.74) is 1.91. The maximum atomic E-state index is 12.2. The van der Waals surface area contributed by atoms with E-state index >= 15 is 0 Å². The van der Waals surface area contributed by atoms with Crippen LogP contribution in [0.3, 0.4) is 0 Å². The second-order valence-corrected chi connectivity index (χ2v) is 6.01. The third-order valence-electron chi connectivity index (χ3n) is 4.12. The van der Waals surface area contributed by atoms with Crippen molar-refractivity contribution < 1.29 is 19.0 Å². The summed E-state index contributed by atoms with van der Waals surface area (Å²) in [7, 11) is 0. The number of nitrogens with one attached hydrogen (secondary N) is 1. The quantitative estimate of drug-likeness (QED) is 0.916. The van der Waals surface area contributed by atoms with Crippen molar-refractivity contribution in [2.24, 2.45) is 0 Å². The van der Waals surface area contributed by atoms with Crippen molar-refractivity contribution in [3.05, 3.63) is 48.0 Å². The second kappa shape index (κ2) is 6.43. The van der Waals surface area contributed by atoms with Crippen molar-refractivity contribution >= 4 is 11.6 Å². The highest BCUT2D eigenvalue weighted by molar-refractivity contribution is 5.93. The van der Waals surface area contributed by atoms with E-state index in [9.17, 15) is 4.79 Å². The fraction of sp³-hybridized carbons (Fsp3) is 0.316. The number of hydrogen-bond acceptors (Lipinski definition) is 4. The Morgan fingerprint density at radius 3 is 2.50 bits per heavy atom. The summed E-state index contributed by atoms with van der Waals surface area (Å²) in [4.78, 5) is 12.2. The molecule has 1 fully saturated rings. The van der Waals surface area contributed by atoms with Crippen LogP contribution >= 0.6 is 0 Å². The van der Waals surface area contributed by atoms with Crippen LogP contribution in [0.15, 0.2) is 42.5 Å². The van der Waals surface area contributed by atoms with Crippen molar-refractivity contribution in [2.75, 3.05) is 25.1 Å². The molecule has 1 saturated carbocycles. The third-order valence-corrected chi connectivity index (χ3v) is 4.12. The molecule has 124 valence electrons. The van der Waals surface area contributed by atoms with E-state index in [1.54, 1.807) is 0 Å². The van der Waals surface area contributed by atoms with Gasteiger partial charge >= 0.3 is 0 Å². The van der Waals surface area contributed by atoms with Crippen molar-refractivity contribution in [1.82, 2.24) is 0 Å². The van der Waals surface area contributed by atoms with Gasteiger partial charge in [-0.05, 0) is 42.5 Å². The van der Waals surface area contributed by atoms with Crippen LogP contribution in [0.5, 0.6) is 17.2 Å². The van der Waals surface area contributed by atoms with E-state index < -0.39 is 0 Å². The van der Waals surface area contributed by atoms with Gasteiger partial charge in [0.15, 0.2) is 18.1 Å². The smallest absolute Gasteiger partial charge is 0.262 e. The lowest BCUT2D eigenvalue weighted by molar-refractivity contribution is -0.118. The molecule has 1 heterocycles. The minimum absolute atomic E-state index is 0.0252. The van der Waals surface area contributed by atoms with E-state index in [1.807, 2.05) is 42.5 Å². The molecule has 24 heavy (non-hydrogen) atoms. The Hall–Kier alpha value is -2.69. The highest BCUT2D eigenvalue weighted by Gasteiger charge is 2.29. The average Bonchev–Trinajstić information content (AvgIpc) is 3.45. The fourth-order valence-corrected chi connectivity index (χ4v) is 2.80. The maximum absolute atomic E-state index is 12.2. The van der Waals surface area contributed by atoms with Gasteiger partial charge < -0.3 is 19.5 Å². The number of ether oxygens (including phenoxy) is 3. The normalized spacial score (nSPS) is 15.7. The van der Waals surface area contributed by atoms with E-state index in [0.29, 0.717) is 30.6 Å². The highest BCUT2D eigenvalue weighted by Crippen LogP contribution is 2.47. The number of para-hydroxylation sites is 1. The number of benzene rings is 2. The molecule has 0 saturated heterocycles. The fourth-order valence-electron chi connectivity index (χ4n) is 2.80. The van der Waals surface area contributed by atoms with Gasteiger partial charge in [-0.15, -0.1) is 0 Å². The molecule has 0 radical (unpaired) electrons. The molecule has 2 aliphatic rings. The molecular weight excluding hydrogens is 306 g/mol. The molecule has 2 aromatic rings. The topological polar surface area (TPSA) is 56.8 Å². The van der Waals surface area contributed by atoms with Crippen molar-refractivity contribution in [2.45, 2.75) is 18.8 Å². The third kappa shape index (κ3) is 3.30. The first-order valence-electron chi connectivity index (χ1n) is 8.21. The summed E-state index contributed by atoms with van der Waals surface area (Å²) < 4.78 is 16.8. The average molecular weight is 325 g/mol. The number of rotatable bonds is 5. The molecule has 1 aliphatic heterocycles. The Morgan fingerprint density at radius 2 is 1.79 bits per heavy atom. The zero-order valence-corrected chi connectivity index (χ0v) is 13.3. The van der Waals surface area contributed by atoms with Crippen LogP contribution in [-0.2, 0) is 4.79 Å². The largest absolute Gasteiger partial charge is 0.486 e. The van der Waals surface area contributed by atoms with Gasteiger partial charge in [0.1, 0.15) is 19.0 Å². The number of fused-ring (bicyclic) bond motifs is 1. The van der Waals surface area contributed by atoms with E-state index in [1.165, 1.54) is 0 Å². The number of anilines is 1. The van der Waals surface area contributed by atoms with Gasteiger partial charge in [0, 0.05) is 11.8 Å². The van der Waals surface area contributed by atoms with Crippen LogP contribution in [0.2, 0.25) is 0 Å². The lowest BCUT2D eigenvalue weighted by Crippen LogP contribution is -2.21. The minimum Gasteiger partial charge on any atom is -0.486 e. The van der Waals surface area contributed by atoms with Crippen LogP contribution in [0.4, 0.5) is 5.69 Å².